The molecule has 0 bridgehead atoms. The summed E-state index contributed by atoms with van der Waals surface area (Å²) in [5.41, 5.74) is 3.45. The van der Waals surface area contributed by atoms with Crippen LogP contribution in [0.1, 0.15) is 42.0 Å². The first-order chi connectivity index (χ1) is 16.4. The Hall–Kier alpha value is -3.30. The maximum absolute atomic E-state index is 13.4. The molecule has 1 saturated carbocycles. The zero-order valence-corrected chi connectivity index (χ0v) is 19.8. The van der Waals surface area contributed by atoms with Crippen LogP contribution >= 0.6 is 11.6 Å². The number of imidazole rings is 1. The van der Waals surface area contributed by atoms with Crippen molar-refractivity contribution in [1.82, 2.24) is 19.5 Å². The second kappa shape index (κ2) is 7.61. The molecule has 172 valence electrons. The van der Waals surface area contributed by atoms with E-state index < -0.39 is 21.4 Å². The summed E-state index contributed by atoms with van der Waals surface area (Å²) in [6, 6.07) is 10.8. The van der Waals surface area contributed by atoms with Crippen molar-refractivity contribution in [2.24, 2.45) is 0 Å². The van der Waals surface area contributed by atoms with E-state index in [2.05, 4.69) is 9.97 Å². The maximum atomic E-state index is 13.4. The van der Waals surface area contributed by atoms with E-state index in [0.29, 0.717) is 27.7 Å². The van der Waals surface area contributed by atoms with E-state index in [-0.39, 0.29) is 12.5 Å². The summed E-state index contributed by atoms with van der Waals surface area (Å²) < 4.78 is 25.1. The second-order valence-electron chi connectivity index (χ2n) is 8.77. The molecule has 8 nitrogen and oxygen atoms in total. The van der Waals surface area contributed by atoms with E-state index in [1.165, 1.54) is 0 Å². The zero-order chi connectivity index (χ0) is 23.6. The average Bonchev–Trinajstić information content (AvgIpc) is 3.52. The summed E-state index contributed by atoms with van der Waals surface area (Å²) in [6.45, 7) is 1.86. The zero-order valence-electron chi connectivity index (χ0n) is 18.2. The molecule has 10 heteroatoms. The largest absolute Gasteiger partial charge is 0.302 e. The normalized spacial score (nSPS) is 17.0. The van der Waals surface area contributed by atoms with E-state index in [9.17, 15) is 13.2 Å². The van der Waals surface area contributed by atoms with Gasteiger partial charge in [0.05, 0.1) is 40.1 Å². The first-order valence-corrected chi connectivity index (χ1v) is 12.5. The Morgan fingerprint density at radius 1 is 1.15 bits per heavy atom. The number of fused-ring (bicyclic) bond motifs is 3. The van der Waals surface area contributed by atoms with Crippen LogP contribution in [0.2, 0.25) is 5.02 Å². The Morgan fingerprint density at radius 2 is 1.97 bits per heavy atom. The highest BCUT2D eigenvalue weighted by Gasteiger charge is 2.59. The molecule has 1 aliphatic heterocycles. The monoisotopic (exact) mass is 493 g/mol. The summed E-state index contributed by atoms with van der Waals surface area (Å²) in [6.07, 6.45) is 6.71. The molecule has 6 rings (SSSR count). The first kappa shape index (κ1) is 21.2. The molecule has 1 amide bonds. The van der Waals surface area contributed by atoms with Gasteiger partial charge in [-0.3, -0.25) is 14.3 Å². The number of hydrogen-bond donors (Lipinski definition) is 1. The number of thiol groups is 1. The number of nitrogens with zero attached hydrogens (tertiary/aromatic N) is 5. The lowest BCUT2D eigenvalue weighted by atomic mass is 9.99. The van der Waals surface area contributed by atoms with Crippen molar-refractivity contribution in [3.8, 4) is 5.82 Å². The first-order valence-electron chi connectivity index (χ1n) is 10.9. The Kier molecular flexibility index (Phi) is 4.76. The minimum atomic E-state index is -2.63. The maximum Gasteiger partial charge on any atom is 0.238 e. The summed E-state index contributed by atoms with van der Waals surface area (Å²) in [7, 11) is -2.63. The predicted octanol–water partition coefficient (Wildman–Crippen LogP) is 3.72. The van der Waals surface area contributed by atoms with Crippen LogP contribution in [0.5, 0.6) is 0 Å². The van der Waals surface area contributed by atoms with Crippen LogP contribution in [0.4, 0.5) is 5.69 Å². The lowest BCUT2D eigenvalue weighted by Gasteiger charge is -2.18. The fraction of sp³-hybridized carbons (Fsp3) is 0.250. The van der Waals surface area contributed by atoms with Gasteiger partial charge in [-0.2, -0.15) is 0 Å². The van der Waals surface area contributed by atoms with Gasteiger partial charge in [0, 0.05) is 17.4 Å². The smallest absolute Gasteiger partial charge is 0.238 e. The average molecular weight is 494 g/mol. The van der Waals surface area contributed by atoms with Crippen molar-refractivity contribution in [2.45, 2.75) is 37.0 Å². The number of carbonyl (C=O) groups is 1. The van der Waals surface area contributed by atoms with E-state index >= 15 is 0 Å². The molecule has 2 aliphatic rings. The van der Waals surface area contributed by atoms with Gasteiger partial charge in [0.2, 0.25) is 5.91 Å². The van der Waals surface area contributed by atoms with Gasteiger partial charge >= 0.3 is 0 Å². The van der Waals surface area contributed by atoms with Gasteiger partial charge in [0.15, 0.2) is 0 Å². The Labute approximate surface area is 202 Å². The second-order valence-corrected chi connectivity index (χ2v) is 10.6. The highest BCUT2D eigenvalue weighted by atomic mass is 35.5. The predicted molar refractivity (Wildman–Crippen MR) is 129 cm³/mol. The van der Waals surface area contributed by atoms with Crippen LogP contribution in [-0.2, 0) is 27.5 Å². The van der Waals surface area contributed by atoms with Crippen molar-refractivity contribution >= 4 is 44.9 Å². The number of amides is 1. The molecular weight excluding hydrogens is 474 g/mol. The van der Waals surface area contributed by atoms with Crippen LogP contribution in [0.15, 0.2) is 55.0 Å². The summed E-state index contributed by atoms with van der Waals surface area (Å²) in [4.78, 5) is 28.8. The number of carbonyl (C=O) groups excluding carboxylic acids is 1. The molecule has 3 aromatic heterocycles. The van der Waals surface area contributed by atoms with E-state index in [4.69, 9.17) is 16.6 Å². The Balaban J connectivity index is 1.50. The highest BCUT2D eigenvalue weighted by Crippen LogP contribution is 2.57. The number of pyridine rings is 2. The molecule has 0 radical (unpaired) electrons. The molecule has 1 unspecified atom stereocenters. The fourth-order valence-electron chi connectivity index (χ4n) is 4.80. The van der Waals surface area contributed by atoms with Crippen LogP contribution in [0.3, 0.4) is 0 Å². The lowest BCUT2D eigenvalue weighted by Crippen LogP contribution is -2.32. The van der Waals surface area contributed by atoms with Gasteiger partial charge in [0.1, 0.15) is 22.3 Å². The standard InChI is InChI=1S/C24H20ClN5O3S/c1-14(34(32)33)15-4-9-27-21(10-15)30-19-3-2-16(25)11-18(19)28-22(30)13-29-20-12-26-8-5-17(20)24(6-7-24)23(29)31/h2-5,8-12,14,34H,6-7,13H2,1H3. The molecule has 1 aromatic carbocycles. The number of halogens is 1. The molecule has 0 saturated heterocycles. The van der Waals surface area contributed by atoms with Gasteiger partial charge in [-0.1, -0.05) is 11.6 Å². The highest BCUT2D eigenvalue weighted by molar-refractivity contribution is 7.72. The molecule has 4 aromatic rings. The van der Waals surface area contributed by atoms with E-state index in [1.54, 1.807) is 54.7 Å². The molecule has 34 heavy (non-hydrogen) atoms. The van der Waals surface area contributed by atoms with Crippen LogP contribution in [0.25, 0.3) is 16.9 Å². The summed E-state index contributed by atoms with van der Waals surface area (Å²) >= 11 is 6.23. The van der Waals surface area contributed by atoms with Gasteiger partial charge in [-0.25, -0.2) is 18.4 Å². The van der Waals surface area contributed by atoms with Gasteiger partial charge in [-0.05, 0) is 67.3 Å². The lowest BCUT2D eigenvalue weighted by molar-refractivity contribution is -0.120. The summed E-state index contributed by atoms with van der Waals surface area (Å²) in [5, 5.41) is -0.108. The number of aromatic nitrogens is 4. The topological polar surface area (TPSA) is 98.1 Å². The van der Waals surface area contributed by atoms with Crippen molar-refractivity contribution in [3.05, 3.63) is 77.0 Å². The van der Waals surface area contributed by atoms with Crippen molar-refractivity contribution in [1.29, 1.82) is 0 Å². The fourth-order valence-corrected chi connectivity index (χ4v) is 5.37. The quantitative estimate of drug-likeness (QED) is 0.425. The number of hydrogen-bond acceptors (Lipinski definition) is 6. The van der Waals surface area contributed by atoms with E-state index in [0.717, 1.165) is 29.6 Å². The number of rotatable bonds is 5. The van der Waals surface area contributed by atoms with Gasteiger partial charge < -0.3 is 4.90 Å². The van der Waals surface area contributed by atoms with E-state index in [1.807, 2.05) is 16.7 Å². The van der Waals surface area contributed by atoms with Gasteiger partial charge in [0.25, 0.3) is 0 Å². The molecule has 4 heterocycles. The molecule has 1 aliphatic carbocycles. The third-order valence-corrected chi connectivity index (χ3v) is 7.96. The summed E-state index contributed by atoms with van der Waals surface area (Å²) in [5.74, 6) is 1.19. The van der Waals surface area contributed by atoms with Gasteiger partial charge in [-0.15, -0.1) is 0 Å². The third-order valence-electron chi connectivity index (χ3n) is 6.79. The Morgan fingerprint density at radius 3 is 2.74 bits per heavy atom. The molecular formula is C24H20ClN5O3S. The Bertz CT molecular complexity index is 1550. The van der Waals surface area contributed by atoms with Crippen molar-refractivity contribution in [3.63, 3.8) is 0 Å². The van der Waals surface area contributed by atoms with Crippen LogP contribution in [-0.4, -0.2) is 33.8 Å². The molecule has 0 N–H and O–H groups in total. The van der Waals surface area contributed by atoms with Crippen LogP contribution in [0, 0.1) is 0 Å². The number of benzene rings is 1. The third kappa shape index (κ3) is 3.14. The van der Waals surface area contributed by atoms with Crippen molar-refractivity contribution in [2.75, 3.05) is 4.90 Å². The molecule has 1 fully saturated rings. The SMILES string of the molecule is CC(c1ccnc(-n2c(CN3C(=O)C4(CC4)c4ccncc43)nc3cc(Cl)ccc32)c1)[SH](=O)=O. The minimum absolute atomic E-state index is 0.0609. The van der Waals surface area contributed by atoms with Crippen LogP contribution < -0.4 is 4.90 Å². The number of anilines is 1. The minimum Gasteiger partial charge on any atom is -0.302 e. The molecule has 1 atom stereocenters. The van der Waals surface area contributed by atoms with Crippen molar-refractivity contribution < 1.29 is 13.2 Å². The molecule has 1 spiro atoms.